The number of halogens is 8. The number of rotatable bonds is 9. The fourth-order valence-electron chi connectivity index (χ4n) is 6.58. The molecule has 2 aliphatic rings. The molecule has 0 bridgehead atoms. The molecule has 1 heterocycles. The van der Waals surface area contributed by atoms with Crippen molar-refractivity contribution in [2.24, 2.45) is 11.8 Å². The fraction of sp³-hybridized carbons (Fsp3) is 0.514. The van der Waals surface area contributed by atoms with Gasteiger partial charge < -0.3 is 10.1 Å². The van der Waals surface area contributed by atoms with E-state index in [9.17, 15) is 45.0 Å². The number of carbonyl (C=O) groups is 1. The summed E-state index contributed by atoms with van der Waals surface area (Å²) in [6.45, 7) is 8.07. The Labute approximate surface area is 294 Å². The summed E-state index contributed by atoms with van der Waals surface area (Å²) in [5.74, 6) is -22.7. The molecule has 0 atom stereocenters. The minimum absolute atomic E-state index is 0. The van der Waals surface area contributed by atoms with Gasteiger partial charge in [-0.25, -0.2) is 8.78 Å². The summed E-state index contributed by atoms with van der Waals surface area (Å²) < 4.78 is 113. The Kier molecular flexibility index (Phi) is 12.9. The van der Waals surface area contributed by atoms with Crippen LogP contribution in [0.15, 0.2) is 54.4 Å². The molecule has 1 aromatic heterocycles. The molecule has 1 saturated carbocycles. The Balaban J connectivity index is 0.000000347. The van der Waals surface area contributed by atoms with Gasteiger partial charge in [-0.15, -0.1) is 23.8 Å². The molecule has 0 unspecified atom stereocenters. The molecule has 1 N–H and O–H groups in total. The van der Waals surface area contributed by atoms with Gasteiger partial charge in [0.2, 0.25) is 0 Å². The van der Waals surface area contributed by atoms with Gasteiger partial charge in [0.15, 0.2) is 5.78 Å². The van der Waals surface area contributed by atoms with Crippen molar-refractivity contribution in [2.75, 3.05) is 0 Å². The Morgan fingerprint density at radius 2 is 1.41 bits per heavy atom. The fourth-order valence-corrected chi connectivity index (χ4v) is 6.58. The largest absolute Gasteiger partial charge is 0.512 e. The molecular formula is C37H40F8IrNO2-. The van der Waals surface area contributed by atoms with Crippen LogP contribution in [0.4, 0.5) is 35.1 Å². The van der Waals surface area contributed by atoms with Gasteiger partial charge in [-0.1, -0.05) is 58.7 Å². The number of hydrogen-bond acceptors (Lipinski definition) is 3. The zero-order valence-electron chi connectivity index (χ0n) is 27.7. The van der Waals surface area contributed by atoms with Gasteiger partial charge in [-0.3, -0.25) is 4.79 Å². The zero-order valence-corrected chi connectivity index (χ0v) is 30.1. The Hall–Kier alpha value is -2.85. The van der Waals surface area contributed by atoms with E-state index in [2.05, 4.69) is 11.1 Å². The van der Waals surface area contributed by atoms with Gasteiger partial charge in [0.05, 0.1) is 5.76 Å². The molecule has 1 radical (unpaired) electrons. The van der Waals surface area contributed by atoms with Crippen molar-refractivity contribution < 1.29 is 65.1 Å². The third-order valence-corrected chi connectivity index (χ3v) is 9.76. The summed E-state index contributed by atoms with van der Waals surface area (Å²) >= 11 is 0. The zero-order chi connectivity index (χ0) is 35.7. The smallest absolute Gasteiger partial charge is 0.380 e. The molecule has 0 amide bonds. The van der Waals surface area contributed by atoms with Crippen LogP contribution in [0.1, 0.15) is 102 Å². The van der Waals surface area contributed by atoms with E-state index in [-0.39, 0.29) is 60.8 Å². The first-order valence-corrected chi connectivity index (χ1v) is 16.4. The van der Waals surface area contributed by atoms with Crippen LogP contribution in [0.2, 0.25) is 0 Å². The van der Waals surface area contributed by atoms with Crippen LogP contribution in [0.25, 0.3) is 22.0 Å². The summed E-state index contributed by atoms with van der Waals surface area (Å²) in [5.41, 5.74) is -2.87. The molecule has 2 aromatic carbocycles. The number of aliphatic hydroxyl groups is 1. The number of pyridine rings is 1. The number of aliphatic hydroxyl groups excluding tert-OH is 1. The predicted molar refractivity (Wildman–Crippen MR) is 169 cm³/mol. The van der Waals surface area contributed by atoms with Crippen molar-refractivity contribution in [3.8, 4) is 11.3 Å². The minimum Gasteiger partial charge on any atom is -0.512 e. The maximum atomic E-state index is 14.5. The second-order valence-electron chi connectivity index (χ2n) is 12.6. The summed E-state index contributed by atoms with van der Waals surface area (Å²) in [5, 5.41) is 10.9. The van der Waals surface area contributed by atoms with Crippen molar-refractivity contribution in [3.05, 3.63) is 77.2 Å². The number of carbonyl (C=O) groups excluding carboxylic acids is 1. The molecule has 0 saturated heterocycles. The van der Waals surface area contributed by atoms with Crippen molar-refractivity contribution in [1.29, 1.82) is 0 Å². The first-order chi connectivity index (χ1) is 22.5. The van der Waals surface area contributed by atoms with Gasteiger partial charge >= 0.3 is 23.7 Å². The predicted octanol–water partition coefficient (Wildman–Crippen LogP) is 11.7. The van der Waals surface area contributed by atoms with Crippen LogP contribution >= 0.6 is 0 Å². The number of ketones is 1. The van der Waals surface area contributed by atoms with E-state index in [0.717, 1.165) is 56.9 Å². The maximum absolute atomic E-state index is 14.5. The van der Waals surface area contributed by atoms with E-state index in [1.54, 1.807) is 12.1 Å². The number of benzene rings is 2. The Morgan fingerprint density at radius 1 is 0.857 bits per heavy atom. The summed E-state index contributed by atoms with van der Waals surface area (Å²) in [6, 6.07) is 10.0. The van der Waals surface area contributed by atoms with Gasteiger partial charge in [-0.05, 0) is 83.7 Å². The van der Waals surface area contributed by atoms with E-state index >= 15 is 0 Å². The van der Waals surface area contributed by atoms with E-state index in [1.165, 1.54) is 12.3 Å². The number of alkyl halides is 8. The van der Waals surface area contributed by atoms with Crippen LogP contribution in [-0.4, -0.2) is 27.7 Å². The third kappa shape index (κ3) is 7.32. The Bertz CT molecular complexity index is 1640. The summed E-state index contributed by atoms with van der Waals surface area (Å²) in [7, 11) is 0. The molecule has 0 spiro atoms. The second-order valence-corrected chi connectivity index (χ2v) is 12.6. The topological polar surface area (TPSA) is 50.2 Å². The monoisotopic (exact) mass is 875 g/mol. The molecule has 5 rings (SSSR count). The molecular weight excluding hydrogens is 835 g/mol. The van der Waals surface area contributed by atoms with Crippen LogP contribution in [0.5, 0.6) is 0 Å². The quantitative estimate of drug-likeness (QED) is 0.101. The van der Waals surface area contributed by atoms with Gasteiger partial charge in [-0.2, -0.15) is 26.3 Å². The first kappa shape index (κ1) is 40.6. The molecule has 49 heavy (non-hydrogen) atoms. The number of allylic oxidation sites excluding steroid dienone is 2. The third-order valence-electron chi connectivity index (χ3n) is 9.76. The standard InChI is InChI=1S/C24H16F8N.C13H24O2.Ir/c25-21(26)18-8-6-16(12-19(18)22(27,28)24(31,32)23(21,29)30)20-17-7-5-14(13-3-1-2-4-13)11-15(17)9-10-33-20;1-5-10(6-2)12(14)9-13(15)11(7-3)8-4;/h5,7-13H,1-4H2;9-11,14H,5-8H2,1-4H3;/q-1;;/b;12-9-;. The van der Waals surface area contributed by atoms with E-state index in [0.29, 0.717) is 22.8 Å². The molecule has 271 valence electrons. The van der Waals surface area contributed by atoms with Crippen LogP contribution in [-0.2, 0) is 36.7 Å². The summed E-state index contributed by atoms with van der Waals surface area (Å²) in [6.07, 6.45) is 10.6. The van der Waals surface area contributed by atoms with E-state index in [1.807, 2.05) is 39.8 Å². The van der Waals surface area contributed by atoms with Crippen molar-refractivity contribution in [2.45, 2.75) is 109 Å². The van der Waals surface area contributed by atoms with Crippen molar-refractivity contribution in [3.63, 3.8) is 0 Å². The molecule has 3 aromatic rings. The Morgan fingerprint density at radius 3 is 1.96 bits per heavy atom. The van der Waals surface area contributed by atoms with Gasteiger partial charge in [0.25, 0.3) is 0 Å². The first-order valence-electron chi connectivity index (χ1n) is 16.4. The van der Waals surface area contributed by atoms with Crippen molar-refractivity contribution >= 4 is 16.6 Å². The molecule has 1 fully saturated rings. The van der Waals surface area contributed by atoms with E-state index < -0.39 is 34.8 Å². The molecule has 3 nitrogen and oxygen atoms in total. The van der Waals surface area contributed by atoms with Crippen LogP contribution < -0.4 is 0 Å². The maximum Gasteiger partial charge on any atom is 0.380 e. The van der Waals surface area contributed by atoms with Crippen molar-refractivity contribution in [1.82, 2.24) is 4.98 Å². The SMILES string of the molecule is CCC(CC)C(=O)/C=C(\O)C(CC)CC.FC1(F)c2c[c-]c(-c3nccc4cc(C5CCCC5)ccc34)cc2C(F)(F)C(F)(F)C1(F)F.[Ir]. The molecule has 2 aliphatic carbocycles. The average molecular weight is 875 g/mol. The summed E-state index contributed by atoms with van der Waals surface area (Å²) in [4.78, 5) is 15.8. The minimum atomic E-state index is -6.29. The number of aromatic nitrogens is 1. The normalized spacial score (nSPS) is 19.3. The van der Waals surface area contributed by atoms with Gasteiger partial charge in [0.1, 0.15) is 0 Å². The number of hydrogen-bond donors (Lipinski definition) is 1. The van der Waals surface area contributed by atoms with Crippen LogP contribution in [0.3, 0.4) is 0 Å². The molecule has 0 aliphatic heterocycles. The average Bonchev–Trinajstić information content (AvgIpc) is 3.60. The second kappa shape index (κ2) is 15.6. The van der Waals surface area contributed by atoms with Crippen LogP contribution in [0, 0.1) is 17.9 Å². The number of nitrogens with zero attached hydrogens (tertiary/aromatic N) is 1. The van der Waals surface area contributed by atoms with Gasteiger partial charge in [0, 0.05) is 44.2 Å². The number of fused-ring (bicyclic) bond motifs is 2. The van der Waals surface area contributed by atoms with E-state index in [4.69, 9.17) is 0 Å². The molecule has 12 heteroatoms.